The lowest BCUT2D eigenvalue weighted by Crippen LogP contribution is -2.52. The highest BCUT2D eigenvalue weighted by Gasteiger charge is 2.24. The van der Waals surface area contributed by atoms with Crippen LogP contribution in [0.5, 0.6) is 5.75 Å². The number of aliphatic imine (C=N–C) groups is 1. The molecule has 32 heavy (non-hydrogen) atoms. The van der Waals surface area contributed by atoms with Crippen LogP contribution < -0.4 is 15.4 Å². The highest BCUT2D eigenvalue weighted by atomic mass is 127. The molecule has 0 aromatic heterocycles. The Hall–Kier alpha value is -1.10. The number of likely N-dealkylation sites (N-methyl/N-ethyl adjacent to an activating group) is 1. The first-order valence-electron chi connectivity index (χ1n) is 11.7. The van der Waals surface area contributed by atoms with Crippen molar-refractivity contribution in [2.75, 3.05) is 52.9 Å². The van der Waals surface area contributed by atoms with Gasteiger partial charge < -0.3 is 25.4 Å². The van der Waals surface area contributed by atoms with Crippen molar-refractivity contribution in [3.8, 4) is 5.75 Å². The first kappa shape index (κ1) is 28.9. The van der Waals surface area contributed by atoms with Gasteiger partial charge in [0.25, 0.3) is 0 Å². The van der Waals surface area contributed by atoms with Crippen LogP contribution in [0.25, 0.3) is 0 Å². The van der Waals surface area contributed by atoms with Gasteiger partial charge in [-0.3, -0.25) is 9.89 Å². The second kappa shape index (κ2) is 14.9. The van der Waals surface area contributed by atoms with Crippen LogP contribution in [0.4, 0.5) is 0 Å². The topological polar surface area (TPSA) is 72.4 Å². The number of nitrogens with one attached hydrogen (secondary N) is 2. The van der Waals surface area contributed by atoms with Gasteiger partial charge in [-0.15, -0.1) is 24.0 Å². The molecule has 0 aliphatic carbocycles. The molecule has 2 unspecified atom stereocenters. The van der Waals surface area contributed by atoms with E-state index >= 15 is 0 Å². The number of rotatable bonds is 10. The van der Waals surface area contributed by atoms with Crippen molar-refractivity contribution in [1.29, 1.82) is 0 Å². The van der Waals surface area contributed by atoms with Crippen LogP contribution in [0, 0.1) is 5.92 Å². The molecule has 1 saturated heterocycles. The molecule has 0 bridgehead atoms. The Morgan fingerprint density at radius 1 is 1.12 bits per heavy atom. The molecule has 0 amide bonds. The summed E-state index contributed by atoms with van der Waals surface area (Å²) < 4.78 is 5.75. The fourth-order valence-corrected chi connectivity index (χ4v) is 3.81. The average Bonchev–Trinajstić information content (AvgIpc) is 2.72. The summed E-state index contributed by atoms with van der Waals surface area (Å²) >= 11 is 0. The lowest BCUT2D eigenvalue weighted by molar-refractivity contribution is 0.0925. The zero-order valence-electron chi connectivity index (χ0n) is 20.7. The van der Waals surface area contributed by atoms with Gasteiger partial charge >= 0.3 is 0 Å². The van der Waals surface area contributed by atoms with Gasteiger partial charge in [-0.25, -0.2) is 0 Å². The van der Waals surface area contributed by atoms with Gasteiger partial charge in [-0.1, -0.05) is 26.0 Å². The normalized spacial score (nSPS) is 17.7. The number of aliphatic hydroxyl groups is 1. The molecule has 2 rings (SSSR count). The molecule has 184 valence electrons. The van der Waals surface area contributed by atoms with Crippen LogP contribution in [0.1, 0.15) is 46.3 Å². The molecule has 1 aromatic rings. The van der Waals surface area contributed by atoms with Crippen molar-refractivity contribution in [3.05, 3.63) is 29.8 Å². The van der Waals surface area contributed by atoms with Crippen LogP contribution >= 0.6 is 24.0 Å². The van der Waals surface area contributed by atoms with E-state index in [9.17, 15) is 5.11 Å². The van der Waals surface area contributed by atoms with Crippen molar-refractivity contribution in [2.24, 2.45) is 10.9 Å². The molecule has 0 saturated carbocycles. The summed E-state index contributed by atoms with van der Waals surface area (Å²) in [4.78, 5) is 9.80. The Bertz CT molecular complexity index is 678. The zero-order chi connectivity index (χ0) is 22.8. The number of aliphatic hydroxyl groups excluding tert-OH is 1. The van der Waals surface area contributed by atoms with E-state index in [2.05, 4.69) is 48.3 Å². The Balaban J connectivity index is 0.00000512. The molecule has 1 aliphatic rings. The second-order valence-corrected chi connectivity index (χ2v) is 9.01. The first-order chi connectivity index (χ1) is 14.8. The fraction of sp³-hybridized carbons (Fsp3) is 0.708. The largest absolute Gasteiger partial charge is 0.491 e. The molecule has 2 atom stereocenters. The summed E-state index contributed by atoms with van der Waals surface area (Å²) in [5, 5.41) is 17.3. The van der Waals surface area contributed by atoms with Gasteiger partial charge in [0.2, 0.25) is 0 Å². The van der Waals surface area contributed by atoms with E-state index in [0.717, 1.165) is 56.5 Å². The van der Waals surface area contributed by atoms with Crippen molar-refractivity contribution < 1.29 is 9.84 Å². The maximum atomic E-state index is 10.7. The number of halogens is 1. The molecule has 1 aliphatic heterocycles. The minimum atomic E-state index is -0.641. The Morgan fingerprint density at radius 3 is 2.41 bits per heavy atom. The van der Waals surface area contributed by atoms with Crippen molar-refractivity contribution in [3.63, 3.8) is 0 Å². The molecule has 1 aromatic carbocycles. The Morgan fingerprint density at radius 2 is 1.81 bits per heavy atom. The van der Waals surface area contributed by atoms with Crippen molar-refractivity contribution in [1.82, 2.24) is 20.4 Å². The fourth-order valence-electron chi connectivity index (χ4n) is 3.81. The van der Waals surface area contributed by atoms with Gasteiger partial charge in [0, 0.05) is 45.3 Å². The standard InChI is InChI=1S/C24H43N5O2.HI/c1-7-25-24(26-16-22(18(2)3)29-13-11-28(6)12-14-29)27-17-23(30)20-9-8-10-21(15-20)31-19(4)5;/h8-10,15,18-19,22-23,30H,7,11-14,16-17H2,1-6H3,(H2,25,26,27);1H. The van der Waals surface area contributed by atoms with Crippen LogP contribution in [0.15, 0.2) is 29.3 Å². The lowest BCUT2D eigenvalue weighted by Gasteiger charge is -2.39. The van der Waals surface area contributed by atoms with E-state index in [-0.39, 0.29) is 30.1 Å². The molecule has 0 spiro atoms. The first-order valence-corrected chi connectivity index (χ1v) is 11.7. The summed E-state index contributed by atoms with van der Waals surface area (Å²) in [7, 11) is 2.18. The molecular formula is C24H44IN5O2. The van der Waals surface area contributed by atoms with Gasteiger partial charge in [-0.2, -0.15) is 0 Å². The Labute approximate surface area is 212 Å². The van der Waals surface area contributed by atoms with E-state index in [4.69, 9.17) is 9.73 Å². The van der Waals surface area contributed by atoms with Crippen LogP contribution in [0.2, 0.25) is 0 Å². The smallest absolute Gasteiger partial charge is 0.191 e. The average molecular weight is 562 g/mol. The van der Waals surface area contributed by atoms with E-state index < -0.39 is 6.10 Å². The number of guanidine groups is 1. The number of nitrogens with zero attached hydrogens (tertiary/aromatic N) is 3. The Kier molecular flexibility index (Phi) is 13.5. The van der Waals surface area contributed by atoms with E-state index in [1.54, 1.807) is 0 Å². The molecule has 3 N–H and O–H groups in total. The maximum Gasteiger partial charge on any atom is 0.191 e. The summed E-state index contributed by atoms with van der Waals surface area (Å²) in [5.74, 6) is 2.05. The lowest BCUT2D eigenvalue weighted by atomic mass is 10.0. The molecular weight excluding hydrogens is 517 g/mol. The van der Waals surface area contributed by atoms with E-state index in [1.165, 1.54) is 0 Å². The van der Waals surface area contributed by atoms with Crippen molar-refractivity contribution >= 4 is 29.9 Å². The minimum Gasteiger partial charge on any atom is -0.491 e. The molecule has 7 nitrogen and oxygen atoms in total. The third-order valence-corrected chi connectivity index (χ3v) is 5.63. The van der Waals surface area contributed by atoms with Crippen molar-refractivity contribution in [2.45, 2.75) is 52.9 Å². The van der Waals surface area contributed by atoms with Gasteiger partial charge in [0.15, 0.2) is 5.96 Å². The molecule has 1 fully saturated rings. The second-order valence-electron chi connectivity index (χ2n) is 9.01. The minimum absolute atomic E-state index is 0. The number of piperazine rings is 1. The summed E-state index contributed by atoms with van der Waals surface area (Å²) in [5.41, 5.74) is 0.832. The van der Waals surface area contributed by atoms with Crippen LogP contribution in [-0.4, -0.2) is 85.9 Å². The third-order valence-electron chi connectivity index (χ3n) is 5.63. The quantitative estimate of drug-likeness (QED) is 0.232. The molecule has 1 heterocycles. The van der Waals surface area contributed by atoms with Gasteiger partial charge in [0.05, 0.1) is 18.8 Å². The van der Waals surface area contributed by atoms with Gasteiger partial charge in [-0.05, 0) is 51.4 Å². The van der Waals surface area contributed by atoms with Crippen LogP contribution in [0.3, 0.4) is 0 Å². The van der Waals surface area contributed by atoms with Gasteiger partial charge in [0.1, 0.15) is 5.75 Å². The van der Waals surface area contributed by atoms with E-state index in [1.807, 2.05) is 38.1 Å². The SMILES string of the molecule is CCNC(=NCC(C(C)C)N1CCN(C)CC1)NCC(O)c1cccc(OC(C)C)c1.I. The monoisotopic (exact) mass is 561 g/mol. The maximum absolute atomic E-state index is 10.7. The number of ether oxygens (including phenoxy) is 1. The predicted molar refractivity (Wildman–Crippen MR) is 144 cm³/mol. The molecule has 8 heteroatoms. The highest BCUT2D eigenvalue weighted by Crippen LogP contribution is 2.20. The molecule has 0 radical (unpaired) electrons. The summed E-state index contributed by atoms with van der Waals surface area (Å²) in [6.07, 6.45) is -0.537. The number of benzene rings is 1. The van der Waals surface area contributed by atoms with Crippen LogP contribution in [-0.2, 0) is 0 Å². The summed E-state index contributed by atoms with van der Waals surface area (Å²) in [6.45, 7) is 16.9. The summed E-state index contributed by atoms with van der Waals surface area (Å²) in [6, 6.07) is 8.07. The number of hydrogen-bond donors (Lipinski definition) is 3. The number of hydrogen-bond acceptors (Lipinski definition) is 5. The third kappa shape index (κ3) is 9.80. The van der Waals surface area contributed by atoms with E-state index in [0.29, 0.717) is 18.5 Å². The predicted octanol–water partition coefficient (Wildman–Crippen LogP) is 2.95. The zero-order valence-corrected chi connectivity index (χ0v) is 23.0. The highest BCUT2D eigenvalue weighted by molar-refractivity contribution is 14.0.